The first-order chi connectivity index (χ1) is 8.31. The molecule has 0 aromatic heterocycles. The SMILES string of the molecule is Cc1cccc(CBr)c1OCCC1CCCO1. The molecule has 0 radical (unpaired) electrons. The van der Waals surface area contributed by atoms with Crippen LogP contribution >= 0.6 is 15.9 Å². The minimum Gasteiger partial charge on any atom is -0.493 e. The van der Waals surface area contributed by atoms with Crippen LogP contribution in [-0.4, -0.2) is 19.3 Å². The monoisotopic (exact) mass is 298 g/mol. The molecule has 2 rings (SSSR count). The van der Waals surface area contributed by atoms with Gasteiger partial charge in [-0.15, -0.1) is 0 Å². The highest BCUT2D eigenvalue weighted by molar-refractivity contribution is 9.08. The predicted octanol–water partition coefficient (Wildman–Crippen LogP) is 3.84. The van der Waals surface area contributed by atoms with Crippen molar-refractivity contribution in [3.05, 3.63) is 29.3 Å². The molecule has 3 heteroatoms. The Morgan fingerprint density at radius 2 is 2.35 bits per heavy atom. The molecule has 1 aromatic carbocycles. The van der Waals surface area contributed by atoms with Gasteiger partial charge in [0.15, 0.2) is 0 Å². The zero-order chi connectivity index (χ0) is 12.1. The van der Waals surface area contributed by atoms with Gasteiger partial charge in [0.2, 0.25) is 0 Å². The van der Waals surface area contributed by atoms with Crippen LogP contribution in [0, 0.1) is 6.92 Å². The predicted molar refractivity (Wildman–Crippen MR) is 72.9 cm³/mol. The molecule has 94 valence electrons. The topological polar surface area (TPSA) is 18.5 Å². The number of alkyl halides is 1. The molecule has 1 unspecified atom stereocenters. The van der Waals surface area contributed by atoms with Crippen molar-refractivity contribution in [3.63, 3.8) is 0 Å². The van der Waals surface area contributed by atoms with Gasteiger partial charge in [0.25, 0.3) is 0 Å². The van der Waals surface area contributed by atoms with Crippen molar-refractivity contribution in [3.8, 4) is 5.75 Å². The normalized spacial score (nSPS) is 19.5. The number of rotatable bonds is 5. The summed E-state index contributed by atoms with van der Waals surface area (Å²) >= 11 is 3.50. The van der Waals surface area contributed by atoms with Crippen molar-refractivity contribution in [2.45, 2.75) is 37.6 Å². The Bertz CT molecular complexity index is 359. The van der Waals surface area contributed by atoms with Gasteiger partial charge >= 0.3 is 0 Å². The minimum atomic E-state index is 0.409. The number of hydrogen-bond donors (Lipinski definition) is 0. The average molecular weight is 299 g/mol. The largest absolute Gasteiger partial charge is 0.493 e. The van der Waals surface area contributed by atoms with Gasteiger partial charge in [0, 0.05) is 23.9 Å². The second-order valence-electron chi connectivity index (χ2n) is 4.47. The van der Waals surface area contributed by atoms with Crippen molar-refractivity contribution >= 4 is 15.9 Å². The van der Waals surface area contributed by atoms with Crippen LogP contribution in [0.2, 0.25) is 0 Å². The number of hydrogen-bond acceptors (Lipinski definition) is 2. The van der Waals surface area contributed by atoms with Crippen molar-refractivity contribution in [1.29, 1.82) is 0 Å². The van der Waals surface area contributed by atoms with Crippen LogP contribution < -0.4 is 4.74 Å². The lowest BCUT2D eigenvalue weighted by Gasteiger charge is -2.14. The maximum absolute atomic E-state index is 5.91. The van der Waals surface area contributed by atoms with E-state index in [-0.39, 0.29) is 0 Å². The Morgan fingerprint density at radius 3 is 3.06 bits per heavy atom. The Hall–Kier alpha value is -0.540. The molecular weight excluding hydrogens is 280 g/mol. The Balaban J connectivity index is 1.89. The number of aryl methyl sites for hydroxylation is 1. The molecule has 0 N–H and O–H groups in total. The van der Waals surface area contributed by atoms with E-state index < -0.39 is 0 Å². The van der Waals surface area contributed by atoms with Crippen LogP contribution in [0.3, 0.4) is 0 Å². The van der Waals surface area contributed by atoms with Gasteiger partial charge in [-0.2, -0.15) is 0 Å². The summed E-state index contributed by atoms with van der Waals surface area (Å²) in [6.45, 7) is 3.75. The quantitative estimate of drug-likeness (QED) is 0.769. The van der Waals surface area contributed by atoms with Crippen LogP contribution in [0.1, 0.15) is 30.4 Å². The van der Waals surface area contributed by atoms with Gasteiger partial charge in [0.05, 0.1) is 12.7 Å². The number of halogens is 1. The summed E-state index contributed by atoms with van der Waals surface area (Å²) < 4.78 is 11.5. The third kappa shape index (κ3) is 3.46. The van der Waals surface area contributed by atoms with Gasteiger partial charge in [-0.25, -0.2) is 0 Å². The second kappa shape index (κ2) is 6.41. The van der Waals surface area contributed by atoms with E-state index in [9.17, 15) is 0 Å². The fourth-order valence-electron chi connectivity index (χ4n) is 2.19. The van der Waals surface area contributed by atoms with E-state index in [0.29, 0.717) is 6.10 Å². The van der Waals surface area contributed by atoms with Gasteiger partial charge < -0.3 is 9.47 Å². The van der Waals surface area contributed by atoms with Crippen molar-refractivity contribution in [2.75, 3.05) is 13.2 Å². The van der Waals surface area contributed by atoms with E-state index in [0.717, 1.165) is 30.7 Å². The molecule has 1 saturated heterocycles. The molecular formula is C14H19BrO2. The number of para-hydroxylation sites is 1. The summed E-state index contributed by atoms with van der Waals surface area (Å²) in [4.78, 5) is 0. The van der Waals surface area contributed by atoms with E-state index in [2.05, 4.69) is 41.1 Å². The highest BCUT2D eigenvalue weighted by Crippen LogP contribution is 2.26. The molecule has 1 atom stereocenters. The van der Waals surface area contributed by atoms with Crippen molar-refractivity contribution in [1.82, 2.24) is 0 Å². The third-order valence-electron chi connectivity index (χ3n) is 3.15. The fraction of sp³-hybridized carbons (Fsp3) is 0.571. The first-order valence-corrected chi connectivity index (χ1v) is 7.32. The van der Waals surface area contributed by atoms with Crippen LogP contribution in [0.15, 0.2) is 18.2 Å². The minimum absolute atomic E-state index is 0.409. The van der Waals surface area contributed by atoms with Gasteiger partial charge in [0.1, 0.15) is 5.75 Å². The maximum atomic E-state index is 5.91. The third-order valence-corrected chi connectivity index (χ3v) is 3.75. The second-order valence-corrected chi connectivity index (χ2v) is 5.03. The lowest BCUT2D eigenvalue weighted by atomic mass is 10.1. The van der Waals surface area contributed by atoms with E-state index in [1.165, 1.54) is 24.0 Å². The zero-order valence-corrected chi connectivity index (χ0v) is 11.8. The summed E-state index contributed by atoms with van der Waals surface area (Å²) in [7, 11) is 0. The van der Waals surface area contributed by atoms with E-state index in [1.807, 2.05) is 0 Å². The molecule has 0 aliphatic carbocycles. The van der Waals surface area contributed by atoms with E-state index in [1.54, 1.807) is 0 Å². The van der Waals surface area contributed by atoms with Crippen LogP contribution in [0.25, 0.3) is 0 Å². The summed E-state index contributed by atoms with van der Waals surface area (Å²) in [5.41, 5.74) is 2.42. The molecule has 17 heavy (non-hydrogen) atoms. The lowest BCUT2D eigenvalue weighted by molar-refractivity contribution is 0.0901. The molecule has 1 aliphatic rings. The number of benzene rings is 1. The van der Waals surface area contributed by atoms with E-state index >= 15 is 0 Å². The number of ether oxygens (including phenoxy) is 2. The molecule has 0 spiro atoms. The molecule has 1 heterocycles. The molecule has 0 amide bonds. The first kappa shape index (κ1) is 12.9. The summed E-state index contributed by atoms with van der Waals surface area (Å²) in [6.07, 6.45) is 3.78. The van der Waals surface area contributed by atoms with Crippen LogP contribution in [0.5, 0.6) is 5.75 Å². The molecule has 1 fully saturated rings. The van der Waals surface area contributed by atoms with E-state index in [4.69, 9.17) is 9.47 Å². The Labute approximate surface area is 111 Å². The van der Waals surface area contributed by atoms with Gasteiger partial charge in [-0.1, -0.05) is 34.1 Å². The zero-order valence-electron chi connectivity index (χ0n) is 10.2. The molecule has 0 saturated carbocycles. The Kier molecular flexibility index (Phi) is 4.86. The average Bonchev–Trinajstić information content (AvgIpc) is 2.84. The highest BCUT2D eigenvalue weighted by Gasteiger charge is 2.15. The summed E-state index contributed by atoms with van der Waals surface area (Å²) in [6, 6.07) is 6.26. The molecule has 1 aliphatic heterocycles. The lowest BCUT2D eigenvalue weighted by Crippen LogP contribution is -2.11. The first-order valence-electron chi connectivity index (χ1n) is 6.20. The van der Waals surface area contributed by atoms with Crippen molar-refractivity contribution in [2.24, 2.45) is 0 Å². The van der Waals surface area contributed by atoms with Gasteiger partial charge in [-0.05, 0) is 25.3 Å². The standard InChI is InChI=1S/C14H19BrO2/c1-11-4-2-5-12(10-15)14(11)17-9-7-13-6-3-8-16-13/h2,4-5,13H,3,6-10H2,1H3. The molecule has 0 bridgehead atoms. The van der Waals surface area contributed by atoms with Crippen LogP contribution in [0.4, 0.5) is 0 Å². The maximum Gasteiger partial charge on any atom is 0.126 e. The highest BCUT2D eigenvalue weighted by atomic mass is 79.9. The molecule has 2 nitrogen and oxygen atoms in total. The molecule has 1 aromatic rings. The fourth-order valence-corrected chi connectivity index (χ4v) is 2.63. The van der Waals surface area contributed by atoms with Crippen LogP contribution in [-0.2, 0) is 10.1 Å². The Morgan fingerprint density at radius 1 is 1.47 bits per heavy atom. The van der Waals surface area contributed by atoms with Gasteiger partial charge in [-0.3, -0.25) is 0 Å². The summed E-state index contributed by atoms with van der Waals surface area (Å²) in [5.74, 6) is 1.03. The van der Waals surface area contributed by atoms with Crippen molar-refractivity contribution < 1.29 is 9.47 Å². The smallest absolute Gasteiger partial charge is 0.126 e. The summed E-state index contributed by atoms with van der Waals surface area (Å²) in [5, 5.41) is 0.837.